The highest BCUT2D eigenvalue weighted by atomic mass is 16.7. The van der Waals surface area contributed by atoms with E-state index in [9.17, 15) is 9.59 Å². The molecule has 4 heterocycles. The number of aliphatic hydroxyl groups is 3. The maximum absolute atomic E-state index is 12.0. The standard InChI is InChI=1S/C21H23N5O6/c1-2-13-6-17-18(24-19(13)27)5-12(7-22-17)9-26-10-15(11-26)32-14-3-4-16(23-8-14)20(28)25-21(29,30)31/h3-8,15,29-31H,2,9-11H2,1H3,(H,24,27)(H,25,28). The molecule has 1 aliphatic rings. The Morgan fingerprint density at radius 2 is 2.03 bits per heavy atom. The number of nitrogens with zero attached hydrogens (tertiary/aromatic N) is 3. The van der Waals surface area contributed by atoms with Crippen LogP contribution in [-0.2, 0) is 13.0 Å². The Hall–Kier alpha value is -3.38. The van der Waals surface area contributed by atoms with Crippen molar-refractivity contribution in [1.29, 1.82) is 0 Å². The number of amides is 1. The monoisotopic (exact) mass is 441 g/mol. The number of aryl methyl sites for hydroxylation is 1. The fourth-order valence-corrected chi connectivity index (χ4v) is 3.49. The molecule has 0 aliphatic carbocycles. The second kappa shape index (κ2) is 8.63. The first-order valence-corrected chi connectivity index (χ1v) is 10.1. The number of likely N-dealkylation sites (tertiary alicyclic amines) is 1. The van der Waals surface area contributed by atoms with Crippen LogP contribution >= 0.6 is 0 Å². The maximum Gasteiger partial charge on any atom is 0.369 e. The normalized spacial score (nSPS) is 14.9. The van der Waals surface area contributed by atoms with Crippen molar-refractivity contribution < 1.29 is 24.9 Å². The van der Waals surface area contributed by atoms with Gasteiger partial charge in [-0.3, -0.25) is 24.8 Å². The van der Waals surface area contributed by atoms with Crippen LogP contribution < -0.4 is 15.6 Å². The summed E-state index contributed by atoms with van der Waals surface area (Å²) in [6, 6.07) is 6.64. The fraction of sp³-hybridized carbons (Fsp3) is 0.333. The Morgan fingerprint density at radius 3 is 2.69 bits per heavy atom. The molecule has 1 aliphatic heterocycles. The van der Waals surface area contributed by atoms with Gasteiger partial charge in [0.1, 0.15) is 17.5 Å². The number of hydrogen-bond donors (Lipinski definition) is 5. The van der Waals surface area contributed by atoms with E-state index >= 15 is 0 Å². The molecular formula is C21H23N5O6. The topological polar surface area (TPSA) is 161 Å². The van der Waals surface area contributed by atoms with Crippen molar-refractivity contribution in [2.24, 2.45) is 0 Å². The van der Waals surface area contributed by atoms with Crippen LogP contribution in [0.25, 0.3) is 11.0 Å². The van der Waals surface area contributed by atoms with Gasteiger partial charge in [0.25, 0.3) is 11.5 Å². The molecule has 1 fully saturated rings. The van der Waals surface area contributed by atoms with Crippen LogP contribution in [0, 0.1) is 0 Å². The summed E-state index contributed by atoms with van der Waals surface area (Å²) in [7, 11) is 0. The number of aromatic amines is 1. The number of carbonyl (C=O) groups is 1. The van der Waals surface area contributed by atoms with E-state index in [1.807, 2.05) is 25.3 Å². The third kappa shape index (κ3) is 5.08. The number of nitrogens with one attached hydrogen (secondary N) is 2. The summed E-state index contributed by atoms with van der Waals surface area (Å²) < 4.78 is 5.82. The van der Waals surface area contributed by atoms with Crippen LogP contribution in [0.15, 0.2) is 41.5 Å². The van der Waals surface area contributed by atoms with Gasteiger partial charge in [-0.25, -0.2) is 4.98 Å². The molecule has 11 nitrogen and oxygen atoms in total. The van der Waals surface area contributed by atoms with Crippen LogP contribution in [0.2, 0.25) is 0 Å². The maximum atomic E-state index is 12.0. The van der Waals surface area contributed by atoms with Gasteiger partial charge in [-0.1, -0.05) is 6.92 Å². The van der Waals surface area contributed by atoms with E-state index in [0.717, 1.165) is 11.1 Å². The van der Waals surface area contributed by atoms with Crippen molar-refractivity contribution in [1.82, 2.24) is 25.2 Å². The van der Waals surface area contributed by atoms with E-state index in [1.54, 1.807) is 5.32 Å². The van der Waals surface area contributed by atoms with Gasteiger partial charge in [0, 0.05) is 31.4 Å². The lowest BCUT2D eigenvalue weighted by molar-refractivity contribution is -0.323. The number of H-pyrrole nitrogens is 1. The molecule has 0 saturated carbocycles. The molecule has 11 heteroatoms. The van der Waals surface area contributed by atoms with Crippen molar-refractivity contribution in [3.8, 4) is 5.75 Å². The molecule has 3 aromatic rings. The first-order valence-electron chi connectivity index (χ1n) is 10.1. The van der Waals surface area contributed by atoms with Gasteiger partial charge in [-0.2, -0.15) is 0 Å². The van der Waals surface area contributed by atoms with Crippen molar-refractivity contribution in [2.75, 3.05) is 13.1 Å². The Morgan fingerprint density at radius 1 is 1.25 bits per heavy atom. The van der Waals surface area contributed by atoms with Crippen molar-refractivity contribution in [3.63, 3.8) is 0 Å². The minimum Gasteiger partial charge on any atom is -0.486 e. The van der Waals surface area contributed by atoms with Crippen molar-refractivity contribution in [2.45, 2.75) is 32.1 Å². The summed E-state index contributed by atoms with van der Waals surface area (Å²) in [4.78, 5) is 37.1. The smallest absolute Gasteiger partial charge is 0.369 e. The van der Waals surface area contributed by atoms with Crippen LogP contribution in [0.3, 0.4) is 0 Å². The number of ether oxygens (including phenoxy) is 1. The molecule has 0 radical (unpaired) electrons. The largest absolute Gasteiger partial charge is 0.486 e. The zero-order valence-electron chi connectivity index (χ0n) is 17.3. The summed E-state index contributed by atoms with van der Waals surface area (Å²) in [6.45, 7) is 3.98. The zero-order valence-corrected chi connectivity index (χ0v) is 17.3. The minimum atomic E-state index is -3.31. The SMILES string of the molecule is CCc1cc2ncc(CN3CC(Oc4ccc(C(=O)NC(O)(O)O)nc4)C3)cc2[nH]c1=O. The van der Waals surface area contributed by atoms with E-state index in [0.29, 0.717) is 42.9 Å². The highest BCUT2D eigenvalue weighted by Crippen LogP contribution is 2.20. The van der Waals surface area contributed by atoms with Gasteiger partial charge in [-0.15, -0.1) is 0 Å². The summed E-state index contributed by atoms with van der Waals surface area (Å²) >= 11 is 0. The lowest BCUT2D eigenvalue weighted by Crippen LogP contribution is -2.53. The Kier molecular flexibility index (Phi) is 5.89. The van der Waals surface area contributed by atoms with Crippen LogP contribution in [-0.4, -0.2) is 66.4 Å². The first kappa shape index (κ1) is 21.8. The lowest BCUT2D eigenvalue weighted by atomic mass is 10.1. The first-order chi connectivity index (χ1) is 15.2. The van der Waals surface area contributed by atoms with E-state index in [1.165, 1.54) is 18.3 Å². The number of rotatable bonds is 7. The fourth-order valence-electron chi connectivity index (χ4n) is 3.49. The number of fused-ring (bicyclic) bond motifs is 1. The second-order valence-electron chi connectivity index (χ2n) is 7.66. The van der Waals surface area contributed by atoms with Gasteiger partial charge >= 0.3 is 6.10 Å². The average molecular weight is 441 g/mol. The molecule has 3 aromatic heterocycles. The molecule has 0 bridgehead atoms. The number of aromatic nitrogens is 3. The highest BCUT2D eigenvalue weighted by molar-refractivity contribution is 5.92. The predicted molar refractivity (Wildman–Crippen MR) is 113 cm³/mol. The molecular weight excluding hydrogens is 418 g/mol. The quantitative estimate of drug-likeness (QED) is 0.303. The third-order valence-electron chi connectivity index (χ3n) is 5.09. The molecule has 32 heavy (non-hydrogen) atoms. The van der Waals surface area contributed by atoms with E-state index < -0.39 is 12.0 Å². The summed E-state index contributed by atoms with van der Waals surface area (Å²) in [5, 5.41) is 27.9. The third-order valence-corrected chi connectivity index (χ3v) is 5.09. The lowest BCUT2D eigenvalue weighted by Gasteiger charge is -2.38. The van der Waals surface area contributed by atoms with Crippen molar-refractivity contribution >= 4 is 16.9 Å². The molecule has 0 spiro atoms. The predicted octanol–water partition coefficient (Wildman–Crippen LogP) is -0.538. The Balaban J connectivity index is 1.30. The number of pyridine rings is 3. The molecule has 0 unspecified atom stereocenters. The number of hydrogen-bond acceptors (Lipinski definition) is 9. The summed E-state index contributed by atoms with van der Waals surface area (Å²) in [6.07, 6.45) is 0.458. The molecule has 1 saturated heterocycles. The molecule has 4 rings (SSSR count). The Bertz CT molecular complexity index is 1180. The summed E-state index contributed by atoms with van der Waals surface area (Å²) in [5.41, 5.74) is 2.99. The van der Waals surface area contributed by atoms with Crippen LogP contribution in [0.4, 0.5) is 0 Å². The van der Waals surface area contributed by atoms with Crippen molar-refractivity contribution in [3.05, 3.63) is 63.8 Å². The average Bonchev–Trinajstić information content (AvgIpc) is 2.70. The summed E-state index contributed by atoms with van der Waals surface area (Å²) in [5.74, 6) is -0.485. The van der Waals surface area contributed by atoms with E-state index in [2.05, 4.69) is 19.9 Å². The molecule has 1 amide bonds. The molecule has 0 atom stereocenters. The molecule has 5 N–H and O–H groups in total. The van der Waals surface area contributed by atoms with Gasteiger partial charge in [0.05, 0.1) is 17.2 Å². The second-order valence-corrected chi connectivity index (χ2v) is 7.66. The van der Waals surface area contributed by atoms with Gasteiger partial charge in [0.15, 0.2) is 0 Å². The number of carbonyl (C=O) groups excluding carboxylic acids is 1. The highest BCUT2D eigenvalue weighted by Gasteiger charge is 2.29. The van der Waals surface area contributed by atoms with Gasteiger partial charge in [-0.05, 0) is 36.2 Å². The Labute approximate surface area is 182 Å². The zero-order chi connectivity index (χ0) is 22.9. The van der Waals surface area contributed by atoms with Gasteiger partial charge in [0.2, 0.25) is 0 Å². The minimum absolute atomic E-state index is 0.0446. The van der Waals surface area contributed by atoms with Crippen LogP contribution in [0.5, 0.6) is 5.75 Å². The van der Waals surface area contributed by atoms with Crippen LogP contribution in [0.1, 0.15) is 28.5 Å². The van der Waals surface area contributed by atoms with E-state index in [4.69, 9.17) is 20.1 Å². The molecule has 168 valence electrons. The molecule has 0 aromatic carbocycles. The van der Waals surface area contributed by atoms with Gasteiger partial charge < -0.3 is 25.0 Å². The van der Waals surface area contributed by atoms with E-state index in [-0.39, 0.29) is 17.4 Å².